The number of carbonyl (C=O) groups is 3. The SMILES string of the molecule is O=C(OC(c1ccccc1)c1ccccc1)C1=C(CCl)CS[C@@H]2[C@H](NCC(=O)c3ccccc3)C(=O)N12. The van der Waals surface area contributed by atoms with Gasteiger partial charge in [-0.15, -0.1) is 23.4 Å². The van der Waals surface area contributed by atoms with Crippen LogP contribution >= 0.6 is 23.4 Å². The third-order valence-corrected chi connectivity index (χ3v) is 8.07. The fourth-order valence-electron chi connectivity index (χ4n) is 4.51. The predicted molar refractivity (Wildman–Crippen MR) is 144 cm³/mol. The Morgan fingerprint density at radius 2 is 1.51 bits per heavy atom. The van der Waals surface area contributed by atoms with Crippen molar-refractivity contribution >= 4 is 41.0 Å². The third-order valence-electron chi connectivity index (χ3n) is 6.41. The molecule has 1 fully saturated rings. The molecule has 5 rings (SSSR count). The number of β-lactam (4-membered cyclic amide) rings is 1. The van der Waals surface area contributed by atoms with Gasteiger partial charge in [0.2, 0.25) is 5.91 Å². The number of Topliss-reactive ketones (excluding diaryl/α,β-unsaturated/α-hetero) is 1. The number of carbonyl (C=O) groups excluding carboxylic acids is 3. The first-order chi connectivity index (χ1) is 18.1. The molecule has 37 heavy (non-hydrogen) atoms. The first kappa shape index (κ1) is 25.3. The number of rotatable bonds is 9. The number of esters is 1. The number of alkyl halides is 1. The van der Waals surface area contributed by atoms with Gasteiger partial charge < -0.3 is 4.74 Å². The number of nitrogens with one attached hydrogen (secondary N) is 1. The van der Waals surface area contributed by atoms with Crippen molar-refractivity contribution in [3.63, 3.8) is 0 Å². The maximum Gasteiger partial charge on any atom is 0.356 e. The molecule has 188 valence electrons. The number of amides is 1. The molecule has 0 radical (unpaired) electrons. The van der Waals surface area contributed by atoms with Gasteiger partial charge in [0, 0.05) is 17.2 Å². The molecule has 0 aliphatic carbocycles. The second-order valence-electron chi connectivity index (χ2n) is 8.75. The van der Waals surface area contributed by atoms with Gasteiger partial charge in [-0.1, -0.05) is 91.0 Å². The fraction of sp³-hybridized carbons (Fsp3) is 0.207. The lowest BCUT2D eigenvalue weighted by Crippen LogP contribution is -2.70. The van der Waals surface area contributed by atoms with E-state index in [-0.39, 0.29) is 35.2 Å². The Bertz CT molecular complexity index is 1280. The highest BCUT2D eigenvalue weighted by atomic mass is 35.5. The fourth-order valence-corrected chi connectivity index (χ4v) is 6.21. The normalized spacial score (nSPS) is 18.9. The summed E-state index contributed by atoms with van der Waals surface area (Å²) in [5.41, 5.74) is 3.08. The first-order valence-electron chi connectivity index (χ1n) is 11.9. The maximum atomic E-state index is 13.6. The average Bonchev–Trinajstić information content (AvgIpc) is 2.96. The van der Waals surface area contributed by atoms with Gasteiger partial charge in [-0.3, -0.25) is 19.8 Å². The molecular weight excluding hydrogens is 508 g/mol. The van der Waals surface area contributed by atoms with Gasteiger partial charge in [0.15, 0.2) is 11.9 Å². The summed E-state index contributed by atoms with van der Waals surface area (Å²) >= 11 is 7.72. The highest BCUT2D eigenvalue weighted by Gasteiger charge is 2.53. The molecule has 0 bridgehead atoms. The number of nitrogens with zero attached hydrogens (tertiary/aromatic N) is 1. The van der Waals surface area contributed by atoms with Gasteiger partial charge in [-0.25, -0.2) is 4.79 Å². The van der Waals surface area contributed by atoms with Gasteiger partial charge in [0.05, 0.1) is 6.54 Å². The van der Waals surface area contributed by atoms with E-state index in [0.29, 0.717) is 16.9 Å². The van der Waals surface area contributed by atoms with Crippen molar-refractivity contribution in [2.75, 3.05) is 18.2 Å². The second-order valence-corrected chi connectivity index (χ2v) is 10.1. The summed E-state index contributed by atoms with van der Waals surface area (Å²) in [7, 11) is 0. The van der Waals surface area contributed by atoms with E-state index in [0.717, 1.165) is 11.1 Å². The minimum absolute atomic E-state index is 0.0290. The van der Waals surface area contributed by atoms with Crippen molar-refractivity contribution in [2.45, 2.75) is 17.5 Å². The lowest BCUT2D eigenvalue weighted by Gasteiger charge is -2.50. The van der Waals surface area contributed by atoms with E-state index < -0.39 is 18.1 Å². The molecule has 0 unspecified atom stereocenters. The number of hydrogen-bond donors (Lipinski definition) is 1. The summed E-state index contributed by atoms with van der Waals surface area (Å²) in [6, 6.07) is 27.3. The summed E-state index contributed by atoms with van der Waals surface area (Å²) in [4.78, 5) is 40.8. The van der Waals surface area contributed by atoms with Crippen molar-refractivity contribution in [2.24, 2.45) is 0 Å². The molecule has 6 nitrogen and oxygen atoms in total. The smallest absolute Gasteiger partial charge is 0.356 e. The van der Waals surface area contributed by atoms with Crippen molar-refractivity contribution in [3.05, 3.63) is 119 Å². The maximum absolute atomic E-state index is 13.6. The molecule has 2 heterocycles. The van der Waals surface area contributed by atoms with E-state index in [1.54, 1.807) is 24.3 Å². The zero-order valence-electron chi connectivity index (χ0n) is 19.9. The van der Waals surface area contributed by atoms with Crippen LogP contribution in [0.4, 0.5) is 0 Å². The largest absolute Gasteiger partial charge is 0.448 e. The van der Waals surface area contributed by atoms with E-state index in [9.17, 15) is 14.4 Å². The molecule has 2 atom stereocenters. The quantitative estimate of drug-likeness (QED) is 0.188. The van der Waals surface area contributed by atoms with Crippen LogP contribution in [-0.2, 0) is 14.3 Å². The Kier molecular flexibility index (Phi) is 7.74. The topological polar surface area (TPSA) is 75.7 Å². The summed E-state index contributed by atoms with van der Waals surface area (Å²) in [5.74, 6) is -0.360. The number of thioether (sulfide) groups is 1. The highest BCUT2D eigenvalue weighted by Crippen LogP contribution is 2.41. The van der Waals surface area contributed by atoms with Crippen LogP contribution in [-0.4, -0.2) is 52.2 Å². The molecule has 8 heteroatoms. The summed E-state index contributed by atoms with van der Waals surface area (Å²) < 4.78 is 6.05. The Balaban J connectivity index is 1.34. The second kappa shape index (κ2) is 11.3. The number of fused-ring (bicyclic) bond motifs is 1. The van der Waals surface area contributed by atoms with E-state index in [1.165, 1.54) is 16.7 Å². The van der Waals surface area contributed by atoms with Crippen molar-refractivity contribution in [3.8, 4) is 0 Å². The third kappa shape index (κ3) is 5.21. The number of benzene rings is 3. The molecule has 1 saturated heterocycles. The van der Waals surface area contributed by atoms with Crippen molar-refractivity contribution < 1.29 is 19.1 Å². The van der Waals surface area contributed by atoms with Gasteiger partial charge in [0.1, 0.15) is 17.1 Å². The van der Waals surface area contributed by atoms with Crippen LogP contribution in [0.15, 0.2) is 102 Å². The monoisotopic (exact) mass is 532 g/mol. The van der Waals surface area contributed by atoms with Gasteiger partial charge in [0.25, 0.3) is 0 Å². The summed E-state index contributed by atoms with van der Waals surface area (Å²) in [6.07, 6.45) is -0.638. The van der Waals surface area contributed by atoms with Crippen LogP contribution < -0.4 is 5.32 Å². The minimum Gasteiger partial charge on any atom is -0.448 e. The number of ketones is 1. The lowest BCUT2D eigenvalue weighted by molar-refractivity contribution is -0.153. The zero-order valence-corrected chi connectivity index (χ0v) is 21.5. The van der Waals surface area contributed by atoms with E-state index in [1.807, 2.05) is 66.7 Å². The Morgan fingerprint density at radius 3 is 2.08 bits per heavy atom. The van der Waals surface area contributed by atoms with Gasteiger partial charge in [-0.05, 0) is 16.7 Å². The van der Waals surface area contributed by atoms with Crippen LogP contribution in [0.5, 0.6) is 0 Å². The molecular formula is C29H25ClN2O4S. The molecule has 0 spiro atoms. The molecule has 0 saturated carbocycles. The van der Waals surface area contributed by atoms with Crippen LogP contribution in [0.3, 0.4) is 0 Å². The molecule has 2 aliphatic rings. The van der Waals surface area contributed by atoms with Crippen molar-refractivity contribution in [1.82, 2.24) is 10.2 Å². The lowest BCUT2D eigenvalue weighted by atomic mass is 10.0. The Morgan fingerprint density at radius 1 is 0.946 bits per heavy atom. The number of hydrogen-bond acceptors (Lipinski definition) is 6. The molecule has 1 amide bonds. The predicted octanol–water partition coefficient (Wildman–Crippen LogP) is 4.57. The molecule has 1 N–H and O–H groups in total. The van der Waals surface area contributed by atoms with Crippen LogP contribution in [0.25, 0.3) is 0 Å². The molecule has 2 aliphatic heterocycles. The van der Waals surface area contributed by atoms with Crippen LogP contribution in [0.2, 0.25) is 0 Å². The van der Waals surface area contributed by atoms with E-state index in [2.05, 4.69) is 5.32 Å². The minimum atomic E-state index is -0.638. The standard InChI is InChI=1S/C29H25ClN2O4S/c30-16-22-18-37-28-24(31-17-23(33)19-10-4-1-5-11-19)27(34)32(28)25(22)29(35)36-26(20-12-6-2-7-13-20)21-14-8-3-9-15-21/h1-15,24,26,28,31H,16-18H2/t24-,28-/m1/s1. The molecule has 0 aromatic heterocycles. The van der Waals surface area contributed by atoms with Crippen LogP contribution in [0, 0.1) is 0 Å². The van der Waals surface area contributed by atoms with E-state index >= 15 is 0 Å². The summed E-state index contributed by atoms with van der Waals surface area (Å²) in [5, 5.41) is 2.76. The number of ether oxygens (including phenoxy) is 1. The molecule has 3 aromatic carbocycles. The van der Waals surface area contributed by atoms with E-state index in [4.69, 9.17) is 16.3 Å². The van der Waals surface area contributed by atoms with Gasteiger partial charge in [-0.2, -0.15) is 0 Å². The highest BCUT2D eigenvalue weighted by molar-refractivity contribution is 8.00. The van der Waals surface area contributed by atoms with Gasteiger partial charge >= 0.3 is 5.97 Å². The summed E-state index contributed by atoms with van der Waals surface area (Å²) in [6.45, 7) is 0.0290. The van der Waals surface area contributed by atoms with Crippen molar-refractivity contribution in [1.29, 1.82) is 0 Å². The number of halogens is 1. The Labute approximate surface area is 224 Å². The average molecular weight is 533 g/mol. The van der Waals surface area contributed by atoms with Crippen LogP contribution in [0.1, 0.15) is 27.6 Å². The molecule has 3 aromatic rings. The zero-order chi connectivity index (χ0) is 25.8. The Hall–Kier alpha value is -3.39. The first-order valence-corrected chi connectivity index (χ1v) is 13.5.